The number of imidazole rings is 1. The average Bonchev–Trinajstić information content (AvgIpc) is 2.92. The van der Waals surface area contributed by atoms with E-state index in [9.17, 15) is 9.18 Å². The van der Waals surface area contributed by atoms with E-state index < -0.39 is 5.97 Å². The van der Waals surface area contributed by atoms with Gasteiger partial charge in [-0.1, -0.05) is 0 Å². The summed E-state index contributed by atoms with van der Waals surface area (Å²) in [5.41, 5.74) is 2.05. The molecule has 1 aromatic carbocycles. The van der Waals surface area contributed by atoms with Crippen molar-refractivity contribution in [1.82, 2.24) is 14.6 Å². The minimum atomic E-state index is -0.532. The van der Waals surface area contributed by atoms with Crippen molar-refractivity contribution in [2.75, 3.05) is 7.11 Å². The molecule has 0 aliphatic heterocycles. The monoisotopic (exact) mass is 349 g/mol. The third-order valence-corrected chi connectivity index (χ3v) is 3.50. The van der Waals surface area contributed by atoms with Gasteiger partial charge in [-0.15, -0.1) is 0 Å². The van der Waals surface area contributed by atoms with Crippen LogP contribution in [0.1, 0.15) is 10.5 Å². The van der Waals surface area contributed by atoms with E-state index in [1.165, 1.54) is 30.0 Å². The Labute approximate surface area is 127 Å². The van der Waals surface area contributed by atoms with Crippen molar-refractivity contribution in [1.29, 1.82) is 0 Å². The number of fused-ring (bicyclic) bond motifs is 1. The van der Waals surface area contributed by atoms with Crippen molar-refractivity contribution >= 4 is 27.5 Å². The minimum absolute atomic E-state index is 0.168. The molecule has 0 atom stereocenters. The van der Waals surface area contributed by atoms with Gasteiger partial charge in [-0.3, -0.25) is 0 Å². The molecule has 0 radical (unpaired) electrons. The molecular weight excluding hydrogens is 341 g/mol. The Kier molecular flexibility index (Phi) is 3.42. The molecule has 0 unspecified atom stereocenters. The van der Waals surface area contributed by atoms with Gasteiger partial charge in [-0.25, -0.2) is 18.7 Å². The molecule has 3 rings (SSSR count). The third-order valence-electron chi connectivity index (χ3n) is 2.91. The van der Waals surface area contributed by atoms with E-state index in [-0.39, 0.29) is 11.5 Å². The maximum absolute atomic E-state index is 13.0. The Bertz CT molecular complexity index is 830. The topological polar surface area (TPSA) is 56.5 Å². The summed E-state index contributed by atoms with van der Waals surface area (Å²) in [5.74, 6) is -0.842. The minimum Gasteiger partial charge on any atom is -0.464 e. The van der Waals surface area contributed by atoms with E-state index in [0.29, 0.717) is 15.8 Å². The first-order valence-electron chi connectivity index (χ1n) is 5.98. The molecule has 2 heterocycles. The van der Waals surface area contributed by atoms with Crippen LogP contribution in [-0.2, 0) is 4.74 Å². The fraction of sp³-hybridized carbons (Fsp3) is 0.0714. The summed E-state index contributed by atoms with van der Waals surface area (Å²) in [6.45, 7) is 0. The first-order valence-corrected chi connectivity index (χ1v) is 6.78. The summed E-state index contributed by atoms with van der Waals surface area (Å²) in [6.07, 6.45) is 1.49. The van der Waals surface area contributed by atoms with Crippen LogP contribution in [0.15, 0.2) is 41.0 Å². The first kappa shape index (κ1) is 13.7. The quantitative estimate of drug-likeness (QED) is 0.667. The molecule has 5 nitrogen and oxygen atoms in total. The second kappa shape index (κ2) is 5.25. The molecule has 0 fully saturated rings. The van der Waals surface area contributed by atoms with Crippen molar-refractivity contribution < 1.29 is 13.9 Å². The molecule has 7 heteroatoms. The lowest BCUT2D eigenvalue weighted by atomic mass is 10.1. The molecule has 0 saturated heterocycles. The summed E-state index contributed by atoms with van der Waals surface area (Å²) in [4.78, 5) is 15.7. The van der Waals surface area contributed by atoms with Crippen molar-refractivity contribution in [3.63, 3.8) is 0 Å². The van der Waals surface area contributed by atoms with Crippen LogP contribution in [0.5, 0.6) is 0 Å². The Hall–Kier alpha value is -2.28. The lowest BCUT2D eigenvalue weighted by molar-refractivity contribution is 0.0594. The van der Waals surface area contributed by atoms with Crippen LogP contribution in [0.3, 0.4) is 0 Å². The van der Waals surface area contributed by atoms with Gasteiger partial charge in [-0.2, -0.15) is 5.10 Å². The van der Waals surface area contributed by atoms with Gasteiger partial charge in [0.05, 0.1) is 23.5 Å². The van der Waals surface area contributed by atoms with Crippen LogP contribution in [-0.4, -0.2) is 27.7 Å². The average molecular weight is 350 g/mol. The van der Waals surface area contributed by atoms with Crippen LogP contribution < -0.4 is 0 Å². The first-order chi connectivity index (χ1) is 10.1. The zero-order valence-corrected chi connectivity index (χ0v) is 12.5. The number of carbonyl (C=O) groups is 1. The van der Waals surface area contributed by atoms with Crippen LogP contribution >= 0.6 is 15.9 Å². The van der Waals surface area contributed by atoms with Crippen LogP contribution in [0.4, 0.5) is 4.39 Å². The van der Waals surface area contributed by atoms with Crippen molar-refractivity contribution in [2.45, 2.75) is 0 Å². The third kappa shape index (κ3) is 2.52. The summed E-state index contributed by atoms with van der Waals surface area (Å²) >= 11 is 3.39. The Balaban J connectivity index is 2.14. The molecule has 0 amide bonds. The molecule has 21 heavy (non-hydrogen) atoms. The normalized spacial score (nSPS) is 10.8. The number of nitrogens with zero attached hydrogens (tertiary/aromatic N) is 3. The summed E-state index contributed by atoms with van der Waals surface area (Å²) in [7, 11) is 1.29. The van der Waals surface area contributed by atoms with E-state index in [1.807, 2.05) is 0 Å². The van der Waals surface area contributed by atoms with E-state index in [0.717, 1.165) is 5.56 Å². The zero-order chi connectivity index (χ0) is 15.0. The number of benzene rings is 1. The summed E-state index contributed by atoms with van der Waals surface area (Å²) in [5, 5.41) is 4.37. The number of esters is 1. The Morgan fingerprint density at radius 3 is 2.71 bits per heavy atom. The van der Waals surface area contributed by atoms with Gasteiger partial charge in [0.25, 0.3) is 0 Å². The molecule has 106 valence electrons. The SMILES string of the molecule is COC(=O)c1cn2nc(-c3ccc(F)cc3)cc(Br)c2n1. The van der Waals surface area contributed by atoms with Crippen LogP contribution in [0.25, 0.3) is 16.9 Å². The Morgan fingerprint density at radius 2 is 2.05 bits per heavy atom. The molecule has 3 aromatic rings. The van der Waals surface area contributed by atoms with Gasteiger partial charge >= 0.3 is 5.97 Å². The second-order valence-electron chi connectivity index (χ2n) is 4.27. The number of halogens is 2. The van der Waals surface area contributed by atoms with Gasteiger partial charge in [0.2, 0.25) is 0 Å². The largest absolute Gasteiger partial charge is 0.464 e. The van der Waals surface area contributed by atoms with Gasteiger partial charge in [-0.05, 0) is 46.3 Å². The van der Waals surface area contributed by atoms with Gasteiger partial charge in [0.15, 0.2) is 11.3 Å². The van der Waals surface area contributed by atoms with Crippen LogP contribution in [0.2, 0.25) is 0 Å². The zero-order valence-electron chi connectivity index (χ0n) is 10.9. The fourth-order valence-electron chi connectivity index (χ4n) is 1.90. The number of hydrogen-bond donors (Lipinski definition) is 0. The van der Waals surface area contributed by atoms with Crippen molar-refractivity contribution in [2.24, 2.45) is 0 Å². The fourth-order valence-corrected chi connectivity index (χ4v) is 2.39. The van der Waals surface area contributed by atoms with Crippen LogP contribution in [0, 0.1) is 5.82 Å². The smallest absolute Gasteiger partial charge is 0.358 e. The lowest BCUT2D eigenvalue weighted by Crippen LogP contribution is -2.00. The molecular formula is C14H9BrFN3O2. The molecule has 0 saturated carbocycles. The van der Waals surface area contributed by atoms with Crippen molar-refractivity contribution in [3.05, 3.63) is 52.5 Å². The molecule has 0 aliphatic rings. The highest BCUT2D eigenvalue weighted by atomic mass is 79.9. The summed E-state index contributed by atoms with van der Waals surface area (Å²) in [6, 6.07) is 7.75. The van der Waals surface area contributed by atoms with Gasteiger partial charge in [0.1, 0.15) is 5.82 Å². The molecule has 0 aliphatic carbocycles. The van der Waals surface area contributed by atoms with E-state index in [1.54, 1.807) is 18.2 Å². The molecule has 0 spiro atoms. The second-order valence-corrected chi connectivity index (χ2v) is 5.12. The number of methoxy groups -OCH3 is 1. The molecule has 0 N–H and O–H groups in total. The lowest BCUT2D eigenvalue weighted by Gasteiger charge is -2.03. The van der Waals surface area contributed by atoms with Crippen molar-refractivity contribution in [3.8, 4) is 11.3 Å². The number of hydrogen-bond acceptors (Lipinski definition) is 4. The Morgan fingerprint density at radius 1 is 1.33 bits per heavy atom. The number of rotatable bonds is 2. The highest BCUT2D eigenvalue weighted by molar-refractivity contribution is 9.10. The van der Waals surface area contributed by atoms with Gasteiger partial charge in [0, 0.05) is 5.56 Å². The standard InChI is InChI=1S/C14H9BrFN3O2/c1-21-14(20)12-7-19-13(17-12)10(15)6-11(18-19)8-2-4-9(16)5-3-8/h2-7H,1H3. The number of carbonyl (C=O) groups excluding carboxylic acids is 1. The predicted molar refractivity (Wildman–Crippen MR) is 77.4 cm³/mol. The molecule has 2 aromatic heterocycles. The number of aromatic nitrogens is 3. The van der Waals surface area contributed by atoms with E-state index >= 15 is 0 Å². The maximum atomic E-state index is 13.0. The maximum Gasteiger partial charge on any atom is 0.358 e. The van der Waals surface area contributed by atoms with E-state index in [4.69, 9.17) is 0 Å². The predicted octanol–water partition coefficient (Wildman–Crippen LogP) is 3.08. The highest BCUT2D eigenvalue weighted by Gasteiger charge is 2.14. The van der Waals surface area contributed by atoms with Gasteiger partial charge < -0.3 is 4.74 Å². The number of ether oxygens (including phenoxy) is 1. The van der Waals surface area contributed by atoms with E-state index in [2.05, 4.69) is 30.7 Å². The summed E-state index contributed by atoms with van der Waals surface area (Å²) < 4.78 is 19.8. The molecule has 0 bridgehead atoms. The highest BCUT2D eigenvalue weighted by Crippen LogP contribution is 2.24.